The van der Waals surface area contributed by atoms with Crippen molar-refractivity contribution in [2.45, 2.75) is 33.9 Å². The fraction of sp³-hybridized carbons (Fsp3) is 0.440. The van der Waals surface area contributed by atoms with Gasteiger partial charge >= 0.3 is 0 Å². The van der Waals surface area contributed by atoms with Gasteiger partial charge in [0, 0.05) is 49.9 Å². The molecule has 0 bridgehead atoms. The lowest BCUT2D eigenvalue weighted by Crippen LogP contribution is -2.46. The molecule has 2 aromatic heterocycles. The van der Waals surface area contributed by atoms with E-state index in [9.17, 15) is 0 Å². The van der Waals surface area contributed by atoms with E-state index in [1.807, 2.05) is 24.4 Å². The molecule has 3 heterocycles. The summed E-state index contributed by atoms with van der Waals surface area (Å²) in [4.78, 5) is 14.3. The summed E-state index contributed by atoms with van der Waals surface area (Å²) in [6, 6.07) is 12.4. The summed E-state index contributed by atoms with van der Waals surface area (Å²) in [6.07, 6.45) is 1.94. The van der Waals surface area contributed by atoms with Crippen LogP contribution >= 0.6 is 0 Å². The third-order valence-corrected chi connectivity index (χ3v) is 6.08. The van der Waals surface area contributed by atoms with Gasteiger partial charge in [-0.2, -0.15) is 0 Å². The van der Waals surface area contributed by atoms with Crippen LogP contribution in [0.3, 0.4) is 0 Å². The SMILES string of the molecule is CCNC(=NCc1ccc(N2CCN(CC)CC2)nc1)NCc1oc2ccccc2c1C. The van der Waals surface area contributed by atoms with Gasteiger partial charge < -0.3 is 24.9 Å². The van der Waals surface area contributed by atoms with Crippen LogP contribution in [0.1, 0.15) is 30.7 Å². The fourth-order valence-corrected chi connectivity index (χ4v) is 4.06. The van der Waals surface area contributed by atoms with Crippen molar-refractivity contribution in [2.75, 3.05) is 44.2 Å². The number of hydrogen-bond donors (Lipinski definition) is 2. The zero-order valence-corrected chi connectivity index (χ0v) is 19.4. The summed E-state index contributed by atoms with van der Waals surface area (Å²) in [6.45, 7) is 13.8. The number of fused-ring (bicyclic) bond motifs is 1. The van der Waals surface area contributed by atoms with Gasteiger partial charge in [-0.25, -0.2) is 9.98 Å². The summed E-state index contributed by atoms with van der Waals surface area (Å²) >= 11 is 0. The maximum absolute atomic E-state index is 6.01. The number of piperazine rings is 1. The molecule has 0 unspecified atom stereocenters. The van der Waals surface area contributed by atoms with Gasteiger partial charge in [0.2, 0.25) is 0 Å². The molecule has 7 heteroatoms. The van der Waals surface area contributed by atoms with Gasteiger partial charge in [0.05, 0.1) is 13.1 Å². The molecule has 1 fully saturated rings. The number of aliphatic imine (C=N–C) groups is 1. The monoisotopic (exact) mass is 434 g/mol. The third-order valence-electron chi connectivity index (χ3n) is 6.08. The molecule has 4 rings (SSSR count). The van der Waals surface area contributed by atoms with E-state index < -0.39 is 0 Å². The Morgan fingerprint density at radius 1 is 1.06 bits per heavy atom. The highest BCUT2D eigenvalue weighted by Gasteiger charge is 2.16. The van der Waals surface area contributed by atoms with E-state index in [0.29, 0.717) is 13.1 Å². The molecule has 32 heavy (non-hydrogen) atoms. The number of guanidine groups is 1. The van der Waals surface area contributed by atoms with E-state index in [1.54, 1.807) is 0 Å². The number of benzene rings is 1. The number of pyridine rings is 1. The molecule has 0 amide bonds. The fourth-order valence-electron chi connectivity index (χ4n) is 4.06. The number of aryl methyl sites for hydroxylation is 1. The Balaban J connectivity index is 1.36. The van der Waals surface area contributed by atoms with Crippen molar-refractivity contribution >= 4 is 22.7 Å². The summed E-state index contributed by atoms with van der Waals surface area (Å²) < 4.78 is 6.01. The molecule has 2 N–H and O–H groups in total. The molecule has 1 aliphatic rings. The molecule has 0 atom stereocenters. The molecule has 1 aliphatic heterocycles. The standard InChI is InChI=1S/C25H34N6O/c1-4-26-25(29-18-23-19(3)21-8-6-7-9-22(21)32-23)28-17-20-10-11-24(27-16-20)31-14-12-30(5-2)13-15-31/h6-11,16H,4-5,12-15,17-18H2,1-3H3,(H2,26,28,29). The Bertz CT molecular complexity index is 1030. The lowest BCUT2D eigenvalue weighted by Gasteiger charge is -2.34. The zero-order valence-electron chi connectivity index (χ0n) is 19.4. The van der Waals surface area contributed by atoms with Crippen LogP contribution in [0.2, 0.25) is 0 Å². The largest absolute Gasteiger partial charge is 0.459 e. The molecule has 1 saturated heterocycles. The number of hydrogen-bond acceptors (Lipinski definition) is 5. The first-order chi connectivity index (χ1) is 15.7. The van der Waals surface area contributed by atoms with Crippen LogP contribution in [0, 0.1) is 6.92 Å². The van der Waals surface area contributed by atoms with Crippen LogP contribution in [0.5, 0.6) is 0 Å². The van der Waals surface area contributed by atoms with Crippen molar-refractivity contribution in [1.82, 2.24) is 20.5 Å². The minimum Gasteiger partial charge on any atom is -0.459 e. The second-order valence-electron chi connectivity index (χ2n) is 8.14. The minimum absolute atomic E-state index is 0.575. The summed E-state index contributed by atoms with van der Waals surface area (Å²) in [5.74, 6) is 2.76. The van der Waals surface area contributed by atoms with Gasteiger partial charge in [-0.3, -0.25) is 0 Å². The van der Waals surface area contributed by atoms with Gasteiger partial charge in [0.25, 0.3) is 0 Å². The highest BCUT2D eigenvalue weighted by atomic mass is 16.3. The number of para-hydroxylation sites is 1. The summed E-state index contributed by atoms with van der Waals surface area (Å²) in [7, 11) is 0. The molecule has 3 aromatic rings. The number of nitrogens with zero attached hydrogens (tertiary/aromatic N) is 4. The highest BCUT2D eigenvalue weighted by Crippen LogP contribution is 2.24. The lowest BCUT2D eigenvalue weighted by atomic mass is 10.1. The lowest BCUT2D eigenvalue weighted by molar-refractivity contribution is 0.270. The van der Waals surface area contributed by atoms with Crippen LogP contribution in [-0.2, 0) is 13.1 Å². The number of likely N-dealkylation sites (N-methyl/N-ethyl adjacent to an activating group) is 1. The van der Waals surface area contributed by atoms with Crippen molar-refractivity contribution in [3.63, 3.8) is 0 Å². The van der Waals surface area contributed by atoms with Gasteiger partial charge in [0.15, 0.2) is 5.96 Å². The topological polar surface area (TPSA) is 68.9 Å². The first-order valence-electron chi connectivity index (χ1n) is 11.6. The number of furan rings is 1. The number of anilines is 1. The Hall–Kier alpha value is -3.06. The molecule has 0 saturated carbocycles. The predicted molar refractivity (Wildman–Crippen MR) is 131 cm³/mol. The van der Waals surface area contributed by atoms with Crippen LogP contribution in [-0.4, -0.2) is 55.1 Å². The smallest absolute Gasteiger partial charge is 0.191 e. The van der Waals surface area contributed by atoms with Crippen molar-refractivity contribution in [3.05, 3.63) is 59.5 Å². The van der Waals surface area contributed by atoms with E-state index in [1.165, 1.54) is 5.56 Å². The molecule has 7 nitrogen and oxygen atoms in total. The molecular formula is C25H34N6O. The molecule has 170 valence electrons. The molecular weight excluding hydrogens is 400 g/mol. The van der Waals surface area contributed by atoms with Crippen molar-refractivity contribution in [2.24, 2.45) is 4.99 Å². The average molecular weight is 435 g/mol. The molecule has 0 spiro atoms. The van der Waals surface area contributed by atoms with Crippen LogP contribution in [0.15, 0.2) is 52.0 Å². The quantitative estimate of drug-likeness (QED) is 0.438. The molecule has 0 aliphatic carbocycles. The van der Waals surface area contributed by atoms with E-state index in [0.717, 1.165) is 73.3 Å². The Morgan fingerprint density at radius 2 is 1.88 bits per heavy atom. The second kappa shape index (κ2) is 10.5. The zero-order chi connectivity index (χ0) is 22.3. The maximum Gasteiger partial charge on any atom is 0.191 e. The van der Waals surface area contributed by atoms with Gasteiger partial charge in [0.1, 0.15) is 17.2 Å². The highest BCUT2D eigenvalue weighted by molar-refractivity contribution is 5.83. The average Bonchev–Trinajstić information content (AvgIpc) is 3.17. The van der Waals surface area contributed by atoms with Crippen LogP contribution < -0.4 is 15.5 Å². The van der Waals surface area contributed by atoms with E-state index in [-0.39, 0.29) is 0 Å². The first-order valence-corrected chi connectivity index (χ1v) is 11.6. The Labute approximate surface area is 190 Å². The number of aromatic nitrogens is 1. The normalized spacial score (nSPS) is 15.3. The van der Waals surface area contributed by atoms with E-state index in [4.69, 9.17) is 9.41 Å². The Kier molecular flexibility index (Phi) is 7.27. The number of nitrogens with one attached hydrogen (secondary N) is 2. The summed E-state index contributed by atoms with van der Waals surface area (Å²) in [5.41, 5.74) is 3.19. The molecule has 0 radical (unpaired) electrons. The first kappa shape index (κ1) is 22.1. The van der Waals surface area contributed by atoms with Gasteiger partial charge in [-0.05, 0) is 38.1 Å². The van der Waals surface area contributed by atoms with E-state index in [2.05, 4.69) is 64.4 Å². The second-order valence-corrected chi connectivity index (χ2v) is 8.14. The van der Waals surface area contributed by atoms with Crippen molar-refractivity contribution < 1.29 is 4.42 Å². The summed E-state index contributed by atoms with van der Waals surface area (Å²) in [5, 5.41) is 7.87. The third kappa shape index (κ3) is 5.22. The Morgan fingerprint density at radius 3 is 2.56 bits per heavy atom. The minimum atomic E-state index is 0.575. The predicted octanol–water partition coefficient (Wildman–Crippen LogP) is 3.53. The van der Waals surface area contributed by atoms with Gasteiger partial charge in [-0.1, -0.05) is 31.2 Å². The molecule has 1 aromatic carbocycles. The maximum atomic E-state index is 6.01. The van der Waals surface area contributed by atoms with Crippen LogP contribution in [0.4, 0.5) is 5.82 Å². The van der Waals surface area contributed by atoms with E-state index >= 15 is 0 Å². The van der Waals surface area contributed by atoms with Crippen molar-refractivity contribution in [3.8, 4) is 0 Å². The number of rotatable bonds is 7. The van der Waals surface area contributed by atoms with Crippen LogP contribution in [0.25, 0.3) is 11.0 Å². The van der Waals surface area contributed by atoms with Crippen molar-refractivity contribution in [1.29, 1.82) is 0 Å². The van der Waals surface area contributed by atoms with Gasteiger partial charge in [-0.15, -0.1) is 0 Å².